The first-order valence-corrected chi connectivity index (χ1v) is 4.59. The van der Waals surface area contributed by atoms with Gasteiger partial charge in [0, 0.05) is 0 Å². The van der Waals surface area contributed by atoms with Crippen LogP contribution in [0.3, 0.4) is 0 Å². The van der Waals surface area contributed by atoms with Crippen molar-refractivity contribution in [3.63, 3.8) is 0 Å². The molecule has 0 aromatic heterocycles. The van der Waals surface area contributed by atoms with Gasteiger partial charge in [0.15, 0.2) is 0 Å². The molecular weight excluding hydrogens is 128 g/mol. The van der Waals surface area contributed by atoms with Crippen LogP contribution in [0, 0.1) is 5.92 Å². The Morgan fingerprint density at radius 1 is 1.22 bits per heavy atom. The zero-order valence-electron chi connectivity index (χ0n) is 6.56. The van der Waals surface area contributed by atoms with Gasteiger partial charge in [-0.2, -0.15) is 12.6 Å². The van der Waals surface area contributed by atoms with Crippen molar-refractivity contribution in [3.05, 3.63) is 0 Å². The highest BCUT2D eigenvalue weighted by Gasteiger charge is 2.01. The number of thiol groups is 1. The molecular formula is C8H18S. The maximum Gasteiger partial charge on any atom is -0.00953 e. The second kappa shape index (κ2) is 6.47. The summed E-state index contributed by atoms with van der Waals surface area (Å²) in [5.74, 6) is 1.99. The Bertz CT molecular complexity index is 46.5. The minimum atomic E-state index is 0.937. The van der Waals surface area contributed by atoms with Gasteiger partial charge in [-0.1, -0.05) is 33.1 Å². The van der Waals surface area contributed by atoms with Gasteiger partial charge in [-0.05, 0) is 18.1 Å². The third-order valence-electron chi connectivity index (χ3n) is 1.81. The van der Waals surface area contributed by atoms with E-state index in [1.54, 1.807) is 0 Å². The predicted octanol–water partition coefficient (Wildman–Crippen LogP) is 3.13. The highest BCUT2D eigenvalue weighted by atomic mass is 32.1. The number of rotatable bonds is 5. The van der Waals surface area contributed by atoms with Crippen LogP contribution in [-0.2, 0) is 0 Å². The summed E-state index contributed by atoms with van der Waals surface area (Å²) in [5, 5.41) is 0. The van der Waals surface area contributed by atoms with Crippen molar-refractivity contribution in [1.82, 2.24) is 0 Å². The molecule has 0 rings (SSSR count). The Hall–Kier alpha value is 0.350. The minimum Gasteiger partial charge on any atom is -0.179 e. The van der Waals surface area contributed by atoms with Gasteiger partial charge in [0.1, 0.15) is 0 Å². The summed E-state index contributed by atoms with van der Waals surface area (Å²) in [7, 11) is 0. The Kier molecular flexibility index (Phi) is 6.72. The average Bonchev–Trinajstić information content (AvgIpc) is 1.88. The summed E-state index contributed by atoms with van der Waals surface area (Å²) in [6.07, 6.45) is 5.34. The largest absolute Gasteiger partial charge is 0.179 e. The zero-order valence-corrected chi connectivity index (χ0v) is 7.45. The third kappa shape index (κ3) is 4.83. The van der Waals surface area contributed by atoms with E-state index < -0.39 is 0 Å². The van der Waals surface area contributed by atoms with Crippen molar-refractivity contribution in [2.45, 2.75) is 39.5 Å². The van der Waals surface area contributed by atoms with Crippen LogP contribution in [0.25, 0.3) is 0 Å². The normalized spacial score (nSPS) is 13.7. The zero-order chi connectivity index (χ0) is 7.11. The fourth-order valence-electron chi connectivity index (χ4n) is 1.14. The van der Waals surface area contributed by atoms with Crippen LogP contribution < -0.4 is 0 Å². The lowest BCUT2D eigenvalue weighted by Crippen LogP contribution is -1.98. The lowest BCUT2D eigenvalue weighted by atomic mass is 9.98. The Morgan fingerprint density at radius 2 is 1.89 bits per heavy atom. The molecule has 0 aliphatic heterocycles. The molecule has 0 aliphatic carbocycles. The fraction of sp³-hybridized carbons (Fsp3) is 1.00. The maximum absolute atomic E-state index is 4.21. The van der Waals surface area contributed by atoms with E-state index in [1.165, 1.54) is 25.7 Å². The molecule has 0 radical (unpaired) electrons. The molecule has 1 unspecified atom stereocenters. The summed E-state index contributed by atoms with van der Waals surface area (Å²) in [6.45, 7) is 4.52. The molecule has 56 valence electrons. The van der Waals surface area contributed by atoms with Crippen molar-refractivity contribution in [1.29, 1.82) is 0 Å². The minimum absolute atomic E-state index is 0.937. The topological polar surface area (TPSA) is 0 Å². The van der Waals surface area contributed by atoms with Crippen molar-refractivity contribution in [3.8, 4) is 0 Å². The maximum atomic E-state index is 4.21. The second-order valence-corrected chi connectivity index (χ2v) is 3.02. The van der Waals surface area contributed by atoms with E-state index in [9.17, 15) is 0 Å². The molecule has 0 spiro atoms. The summed E-state index contributed by atoms with van der Waals surface area (Å²) in [6, 6.07) is 0. The van der Waals surface area contributed by atoms with Crippen LogP contribution >= 0.6 is 12.6 Å². The number of hydrogen-bond acceptors (Lipinski definition) is 1. The van der Waals surface area contributed by atoms with E-state index >= 15 is 0 Å². The summed E-state index contributed by atoms with van der Waals surface area (Å²) >= 11 is 4.21. The van der Waals surface area contributed by atoms with E-state index in [0.717, 1.165) is 11.7 Å². The van der Waals surface area contributed by atoms with Gasteiger partial charge in [-0.25, -0.2) is 0 Å². The van der Waals surface area contributed by atoms with E-state index in [0.29, 0.717) is 0 Å². The van der Waals surface area contributed by atoms with Gasteiger partial charge in [-0.3, -0.25) is 0 Å². The van der Waals surface area contributed by atoms with Gasteiger partial charge in [0.25, 0.3) is 0 Å². The summed E-state index contributed by atoms with van der Waals surface area (Å²) < 4.78 is 0. The molecule has 0 fully saturated rings. The van der Waals surface area contributed by atoms with Gasteiger partial charge in [-0.15, -0.1) is 0 Å². The predicted molar refractivity (Wildman–Crippen MR) is 47.2 cm³/mol. The van der Waals surface area contributed by atoms with Gasteiger partial charge in [0.05, 0.1) is 0 Å². The molecule has 9 heavy (non-hydrogen) atoms. The molecule has 0 heterocycles. The third-order valence-corrected chi connectivity index (χ3v) is 2.07. The fourth-order valence-corrected chi connectivity index (χ4v) is 1.51. The first-order chi connectivity index (χ1) is 4.35. The molecule has 0 amide bonds. The lowest BCUT2D eigenvalue weighted by Gasteiger charge is -2.10. The number of hydrogen-bond donors (Lipinski definition) is 1. The van der Waals surface area contributed by atoms with Crippen molar-refractivity contribution in [2.75, 3.05) is 5.75 Å². The van der Waals surface area contributed by atoms with Gasteiger partial charge >= 0.3 is 0 Å². The van der Waals surface area contributed by atoms with E-state index in [-0.39, 0.29) is 0 Å². The molecule has 0 bridgehead atoms. The molecule has 1 atom stereocenters. The summed E-state index contributed by atoms with van der Waals surface area (Å²) in [4.78, 5) is 0. The van der Waals surface area contributed by atoms with Crippen molar-refractivity contribution < 1.29 is 0 Å². The average molecular weight is 146 g/mol. The lowest BCUT2D eigenvalue weighted by molar-refractivity contribution is 0.454. The van der Waals surface area contributed by atoms with Crippen LogP contribution in [0.1, 0.15) is 39.5 Å². The van der Waals surface area contributed by atoms with Gasteiger partial charge < -0.3 is 0 Å². The molecule has 1 heteroatoms. The Morgan fingerprint density at radius 3 is 2.22 bits per heavy atom. The first-order valence-electron chi connectivity index (χ1n) is 3.96. The van der Waals surface area contributed by atoms with E-state index in [2.05, 4.69) is 26.5 Å². The SMILES string of the molecule is CCCC(CC)CCS. The molecule has 0 N–H and O–H groups in total. The molecule has 0 aliphatic rings. The monoisotopic (exact) mass is 146 g/mol. The van der Waals surface area contributed by atoms with Crippen LogP contribution in [0.4, 0.5) is 0 Å². The highest BCUT2D eigenvalue weighted by molar-refractivity contribution is 7.80. The van der Waals surface area contributed by atoms with E-state index in [1.807, 2.05) is 0 Å². The summed E-state index contributed by atoms with van der Waals surface area (Å²) in [5.41, 5.74) is 0. The van der Waals surface area contributed by atoms with Crippen molar-refractivity contribution >= 4 is 12.6 Å². The standard InChI is InChI=1S/C8H18S/c1-3-5-8(4-2)6-7-9/h8-9H,3-7H2,1-2H3. The molecule has 0 nitrogen and oxygen atoms in total. The first kappa shape index (κ1) is 9.35. The second-order valence-electron chi connectivity index (χ2n) is 2.58. The van der Waals surface area contributed by atoms with Crippen LogP contribution in [0.5, 0.6) is 0 Å². The quantitative estimate of drug-likeness (QED) is 0.566. The van der Waals surface area contributed by atoms with Crippen LogP contribution in [-0.4, -0.2) is 5.75 Å². The smallest absolute Gasteiger partial charge is 0.00953 e. The van der Waals surface area contributed by atoms with Crippen molar-refractivity contribution in [2.24, 2.45) is 5.92 Å². The Labute approximate surface area is 64.4 Å². The molecule has 0 saturated carbocycles. The molecule has 0 saturated heterocycles. The van der Waals surface area contributed by atoms with Gasteiger partial charge in [0.2, 0.25) is 0 Å². The Balaban J connectivity index is 3.18. The highest BCUT2D eigenvalue weighted by Crippen LogP contribution is 2.14. The molecule has 0 aromatic rings. The van der Waals surface area contributed by atoms with Crippen LogP contribution in [0.2, 0.25) is 0 Å². The van der Waals surface area contributed by atoms with Crippen LogP contribution in [0.15, 0.2) is 0 Å². The van der Waals surface area contributed by atoms with E-state index in [4.69, 9.17) is 0 Å². The molecule has 0 aromatic carbocycles.